The number of hydrogen-bond donors (Lipinski definition) is 0. The summed E-state index contributed by atoms with van der Waals surface area (Å²) < 4.78 is 44.6. The van der Waals surface area contributed by atoms with E-state index in [1.807, 2.05) is 41.0 Å². The molecular weight excluding hydrogens is 356 g/mol. The quantitative estimate of drug-likeness (QED) is 0.465. The van der Waals surface area contributed by atoms with E-state index in [1.165, 1.54) is 0 Å². The summed E-state index contributed by atoms with van der Waals surface area (Å²) in [5.41, 5.74) is 1.70. The van der Waals surface area contributed by atoms with Crippen LogP contribution in [0.2, 0.25) is 0 Å². The lowest BCUT2D eigenvalue weighted by Crippen LogP contribution is -2.33. The van der Waals surface area contributed by atoms with Crippen molar-refractivity contribution in [2.75, 3.05) is 12.9 Å². The predicted molar refractivity (Wildman–Crippen MR) is 93.3 cm³/mol. The van der Waals surface area contributed by atoms with E-state index in [-0.39, 0.29) is 12.2 Å². The van der Waals surface area contributed by atoms with Gasteiger partial charge in [-0.15, -0.1) is 0 Å². The SMILES string of the molecule is COc1ccc(-c2cnc(-c3cc[n+](CCCS(=O)(=O)[O-])cc3)o2)cc1. The van der Waals surface area contributed by atoms with Crippen LogP contribution in [0.3, 0.4) is 0 Å². The van der Waals surface area contributed by atoms with Gasteiger partial charge >= 0.3 is 0 Å². The van der Waals surface area contributed by atoms with E-state index in [2.05, 4.69) is 4.98 Å². The smallest absolute Gasteiger partial charge is 0.227 e. The Morgan fingerprint density at radius 3 is 2.42 bits per heavy atom. The number of nitrogens with zero attached hydrogens (tertiary/aromatic N) is 2. The predicted octanol–water partition coefficient (Wildman–Crippen LogP) is 2.24. The first-order valence-electron chi connectivity index (χ1n) is 7.98. The fraction of sp³-hybridized carbons (Fsp3) is 0.222. The van der Waals surface area contributed by atoms with Gasteiger partial charge in [0.25, 0.3) is 0 Å². The van der Waals surface area contributed by atoms with Crippen LogP contribution in [-0.4, -0.2) is 30.8 Å². The summed E-state index contributed by atoms with van der Waals surface area (Å²) in [5.74, 6) is 1.54. The number of aryl methyl sites for hydroxylation is 1. The molecule has 2 heterocycles. The Bertz CT molecular complexity index is 964. The second-order valence-electron chi connectivity index (χ2n) is 5.70. The highest BCUT2D eigenvalue weighted by Crippen LogP contribution is 2.26. The van der Waals surface area contributed by atoms with Crippen molar-refractivity contribution in [1.82, 2.24) is 4.98 Å². The van der Waals surface area contributed by atoms with Crippen LogP contribution < -0.4 is 9.30 Å². The van der Waals surface area contributed by atoms with Crippen LogP contribution in [0, 0.1) is 0 Å². The number of oxazole rings is 1. The van der Waals surface area contributed by atoms with Gasteiger partial charge in [-0.2, -0.15) is 0 Å². The van der Waals surface area contributed by atoms with E-state index in [0.717, 1.165) is 16.9 Å². The molecule has 0 atom stereocenters. The third-order valence-corrected chi connectivity index (χ3v) is 4.62. The minimum atomic E-state index is -4.17. The van der Waals surface area contributed by atoms with Gasteiger partial charge in [-0.3, -0.25) is 0 Å². The second kappa shape index (κ2) is 7.67. The fourth-order valence-corrected chi connectivity index (χ4v) is 2.95. The molecule has 0 unspecified atom stereocenters. The summed E-state index contributed by atoms with van der Waals surface area (Å²) >= 11 is 0. The molecular formula is C18H18N2O5S. The molecule has 0 saturated heterocycles. The van der Waals surface area contributed by atoms with Gasteiger partial charge in [-0.25, -0.2) is 18.0 Å². The average molecular weight is 374 g/mol. The summed E-state index contributed by atoms with van der Waals surface area (Å²) in [7, 11) is -2.56. The Kier molecular flexibility index (Phi) is 5.34. The number of benzene rings is 1. The minimum Gasteiger partial charge on any atom is -0.748 e. The van der Waals surface area contributed by atoms with E-state index < -0.39 is 10.1 Å². The molecule has 7 nitrogen and oxygen atoms in total. The van der Waals surface area contributed by atoms with Gasteiger partial charge in [0.15, 0.2) is 18.2 Å². The van der Waals surface area contributed by atoms with Crippen molar-refractivity contribution in [2.24, 2.45) is 0 Å². The highest BCUT2D eigenvalue weighted by atomic mass is 32.2. The summed E-state index contributed by atoms with van der Waals surface area (Å²) in [6, 6.07) is 11.2. The number of aromatic nitrogens is 2. The first-order valence-corrected chi connectivity index (χ1v) is 9.56. The molecule has 0 aliphatic carbocycles. The van der Waals surface area contributed by atoms with E-state index in [1.54, 1.807) is 25.7 Å². The molecule has 0 aliphatic heterocycles. The Labute approximate surface area is 151 Å². The topological polar surface area (TPSA) is 96.3 Å². The third kappa shape index (κ3) is 4.68. The van der Waals surface area contributed by atoms with Crippen LogP contribution in [0.15, 0.2) is 59.4 Å². The monoisotopic (exact) mass is 374 g/mol. The lowest BCUT2D eigenvalue weighted by molar-refractivity contribution is -0.696. The highest BCUT2D eigenvalue weighted by molar-refractivity contribution is 7.85. The van der Waals surface area contributed by atoms with Crippen LogP contribution >= 0.6 is 0 Å². The molecule has 8 heteroatoms. The summed E-state index contributed by atoms with van der Waals surface area (Å²) in [6.07, 6.45) is 5.53. The first kappa shape index (κ1) is 18.1. The molecule has 1 aromatic carbocycles. The number of methoxy groups -OCH3 is 1. The highest BCUT2D eigenvalue weighted by Gasteiger charge is 2.11. The van der Waals surface area contributed by atoms with E-state index in [4.69, 9.17) is 9.15 Å². The van der Waals surface area contributed by atoms with Crippen LogP contribution in [0.5, 0.6) is 5.75 Å². The number of pyridine rings is 1. The van der Waals surface area contributed by atoms with Crippen molar-refractivity contribution in [3.05, 3.63) is 55.0 Å². The molecule has 2 aromatic heterocycles. The largest absolute Gasteiger partial charge is 0.748 e. The van der Waals surface area contributed by atoms with Gasteiger partial charge in [0, 0.05) is 35.4 Å². The van der Waals surface area contributed by atoms with Crippen molar-refractivity contribution in [1.29, 1.82) is 0 Å². The molecule has 26 heavy (non-hydrogen) atoms. The lowest BCUT2D eigenvalue weighted by atomic mass is 10.2. The van der Waals surface area contributed by atoms with Crippen LogP contribution in [0.25, 0.3) is 22.8 Å². The van der Waals surface area contributed by atoms with Crippen LogP contribution in [-0.2, 0) is 16.7 Å². The summed E-state index contributed by atoms with van der Waals surface area (Å²) in [4.78, 5) is 4.30. The molecule has 3 rings (SSSR count). The van der Waals surface area contributed by atoms with Crippen molar-refractivity contribution in [3.63, 3.8) is 0 Å². The maximum atomic E-state index is 10.6. The van der Waals surface area contributed by atoms with Gasteiger partial charge in [0.05, 0.1) is 23.4 Å². The first-order chi connectivity index (χ1) is 12.4. The fourth-order valence-electron chi connectivity index (χ4n) is 2.47. The molecule has 0 amide bonds. The van der Waals surface area contributed by atoms with Gasteiger partial charge in [-0.05, 0) is 24.3 Å². The van der Waals surface area contributed by atoms with E-state index in [9.17, 15) is 13.0 Å². The van der Waals surface area contributed by atoms with Gasteiger partial charge < -0.3 is 13.7 Å². The Hall–Kier alpha value is -2.71. The van der Waals surface area contributed by atoms with E-state index in [0.29, 0.717) is 18.2 Å². The third-order valence-electron chi connectivity index (χ3n) is 3.83. The van der Waals surface area contributed by atoms with Gasteiger partial charge in [-0.1, -0.05) is 0 Å². The van der Waals surface area contributed by atoms with Crippen molar-refractivity contribution in [2.45, 2.75) is 13.0 Å². The average Bonchev–Trinajstić information content (AvgIpc) is 3.11. The molecule has 0 bridgehead atoms. The molecule has 3 aromatic rings. The Balaban J connectivity index is 1.68. The molecule has 136 valence electrons. The van der Waals surface area contributed by atoms with Gasteiger partial charge in [0.2, 0.25) is 5.89 Å². The van der Waals surface area contributed by atoms with E-state index >= 15 is 0 Å². The Morgan fingerprint density at radius 2 is 1.81 bits per heavy atom. The van der Waals surface area contributed by atoms with Gasteiger partial charge in [0.1, 0.15) is 12.3 Å². The zero-order chi connectivity index (χ0) is 18.6. The number of ether oxygens (including phenoxy) is 1. The minimum absolute atomic E-state index is 0.274. The zero-order valence-corrected chi connectivity index (χ0v) is 15.0. The van der Waals surface area contributed by atoms with Crippen LogP contribution in [0.1, 0.15) is 6.42 Å². The number of hydrogen-bond acceptors (Lipinski definition) is 6. The summed E-state index contributed by atoms with van der Waals surface area (Å²) in [5, 5.41) is 0. The number of rotatable bonds is 7. The molecule has 0 saturated carbocycles. The maximum Gasteiger partial charge on any atom is 0.227 e. The standard InChI is InChI=1S/C18H18N2O5S/c1-24-16-5-3-14(4-6-16)17-13-19-18(25-17)15-7-10-20(11-8-15)9-2-12-26(21,22)23/h3-8,10-11,13H,2,9,12H2,1H3. The maximum absolute atomic E-state index is 10.6. The van der Waals surface area contributed by atoms with Crippen molar-refractivity contribution in [3.8, 4) is 28.5 Å². The summed E-state index contributed by atoms with van der Waals surface area (Å²) in [6.45, 7) is 0.449. The Morgan fingerprint density at radius 1 is 1.12 bits per heavy atom. The second-order valence-corrected chi connectivity index (χ2v) is 7.22. The van der Waals surface area contributed by atoms with Crippen molar-refractivity contribution < 1.29 is 26.7 Å². The molecule has 0 N–H and O–H groups in total. The molecule has 0 aliphatic rings. The molecule has 0 radical (unpaired) electrons. The lowest BCUT2D eigenvalue weighted by Gasteiger charge is -2.04. The normalized spacial score (nSPS) is 11.5. The van der Waals surface area contributed by atoms with Crippen LogP contribution in [0.4, 0.5) is 0 Å². The zero-order valence-electron chi connectivity index (χ0n) is 14.2. The van der Waals surface area contributed by atoms with Crippen molar-refractivity contribution >= 4 is 10.1 Å². The molecule has 0 spiro atoms. The molecule has 0 fully saturated rings.